The van der Waals surface area contributed by atoms with Crippen molar-refractivity contribution in [1.82, 2.24) is 9.78 Å². The number of hydrogen-bond donors (Lipinski definition) is 0. The molecule has 1 aromatic heterocycles. The van der Waals surface area contributed by atoms with Crippen LogP contribution in [0.4, 0.5) is 0 Å². The summed E-state index contributed by atoms with van der Waals surface area (Å²) in [6.45, 7) is 0.683. The first kappa shape index (κ1) is 12.1. The van der Waals surface area contributed by atoms with Crippen LogP contribution in [0.2, 0.25) is 0 Å². The third kappa shape index (κ3) is 2.44. The third-order valence-electron chi connectivity index (χ3n) is 3.49. The Balaban J connectivity index is 1.79. The van der Waals surface area contributed by atoms with Gasteiger partial charge < -0.3 is 4.74 Å². The molecular formula is C15H16N2O2. The van der Waals surface area contributed by atoms with Crippen molar-refractivity contribution >= 4 is 5.78 Å². The number of Topliss-reactive ketones (excluding diaryl/α,β-unsaturated/α-hetero) is 1. The molecule has 98 valence electrons. The largest absolute Gasteiger partial charge is 0.373 e. The van der Waals surface area contributed by atoms with Crippen LogP contribution in [0.25, 0.3) is 0 Å². The standard InChI is InChI=1S/C15H16N2O2/c1-17-10-12(9-16-17)14(18)8-15-13-5-3-2-4-11(13)6-7-19-15/h2-5,9-10,15H,6-8H2,1H3. The van der Waals surface area contributed by atoms with Gasteiger partial charge in [-0.3, -0.25) is 9.48 Å². The lowest BCUT2D eigenvalue weighted by Crippen LogP contribution is -2.19. The molecule has 4 heteroatoms. The summed E-state index contributed by atoms with van der Waals surface area (Å²) in [4.78, 5) is 12.2. The molecule has 0 fully saturated rings. The van der Waals surface area contributed by atoms with E-state index in [2.05, 4.69) is 17.2 Å². The van der Waals surface area contributed by atoms with Gasteiger partial charge in [-0.1, -0.05) is 24.3 Å². The van der Waals surface area contributed by atoms with Gasteiger partial charge in [0.25, 0.3) is 0 Å². The number of aromatic nitrogens is 2. The number of benzene rings is 1. The number of nitrogens with zero attached hydrogens (tertiary/aromatic N) is 2. The van der Waals surface area contributed by atoms with E-state index in [1.54, 1.807) is 17.1 Å². The number of rotatable bonds is 3. The predicted molar refractivity (Wildman–Crippen MR) is 71.0 cm³/mol. The minimum atomic E-state index is -0.127. The van der Waals surface area contributed by atoms with Crippen molar-refractivity contribution in [3.63, 3.8) is 0 Å². The second-order valence-corrected chi connectivity index (χ2v) is 4.84. The molecule has 0 bridgehead atoms. The summed E-state index contributed by atoms with van der Waals surface area (Å²) in [7, 11) is 1.81. The Bertz CT molecular complexity index is 604. The molecule has 2 aromatic rings. The number of ether oxygens (including phenoxy) is 1. The number of hydrogen-bond acceptors (Lipinski definition) is 3. The van der Waals surface area contributed by atoms with Gasteiger partial charge >= 0.3 is 0 Å². The van der Waals surface area contributed by atoms with Crippen molar-refractivity contribution in [2.75, 3.05) is 6.61 Å². The zero-order valence-electron chi connectivity index (χ0n) is 10.9. The highest BCUT2D eigenvalue weighted by molar-refractivity contribution is 5.96. The van der Waals surface area contributed by atoms with E-state index >= 15 is 0 Å². The van der Waals surface area contributed by atoms with Crippen LogP contribution < -0.4 is 0 Å². The molecule has 0 aliphatic carbocycles. The van der Waals surface area contributed by atoms with Crippen molar-refractivity contribution in [3.05, 3.63) is 53.3 Å². The molecule has 19 heavy (non-hydrogen) atoms. The molecule has 1 atom stereocenters. The second-order valence-electron chi connectivity index (χ2n) is 4.84. The molecule has 1 aromatic carbocycles. The molecule has 1 unspecified atom stereocenters. The van der Waals surface area contributed by atoms with E-state index in [1.165, 1.54) is 5.56 Å². The van der Waals surface area contributed by atoms with Crippen molar-refractivity contribution in [3.8, 4) is 0 Å². The summed E-state index contributed by atoms with van der Waals surface area (Å²) in [6.07, 6.45) is 4.53. The fraction of sp³-hybridized carbons (Fsp3) is 0.333. The van der Waals surface area contributed by atoms with Gasteiger partial charge in [0.05, 0.1) is 24.5 Å². The second kappa shape index (κ2) is 4.97. The molecule has 1 aliphatic heterocycles. The Morgan fingerprint density at radius 3 is 3.11 bits per heavy atom. The van der Waals surface area contributed by atoms with Gasteiger partial charge in [0, 0.05) is 19.7 Å². The smallest absolute Gasteiger partial charge is 0.168 e. The van der Waals surface area contributed by atoms with Crippen LogP contribution in [0, 0.1) is 0 Å². The van der Waals surface area contributed by atoms with Crippen LogP contribution in [-0.4, -0.2) is 22.2 Å². The van der Waals surface area contributed by atoms with E-state index in [9.17, 15) is 4.79 Å². The number of carbonyl (C=O) groups is 1. The first-order valence-electron chi connectivity index (χ1n) is 6.45. The highest BCUT2D eigenvalue weighted by Gasteiger charge is 2.23. The van der Waals surface area contributed by atoms with Crippen molar-refractivity contribution < 1.29 is 9.53 Å². The summed E-state index contributed by atoms with van der Waals surface area (Å²) in [5.74, 6) is 0.0785. The van der Waals surface area contributed by atoms with Crippen molar-refractivity contribution in [2.45, 2.75) is 18.9 Å². The molecule has 0 spiro atoms. The lowest BCUT2D eigenvalue weighted by molar-refractivity contribution is 0.0352. The first-order valence-corrected chi connectivity index (χ1v) is 6.45. The average Bonchev–Trinajstić information content (AvgIpc) is 2.86. The normalized spacial score (nSPS) is 18.1. The average molecular weight is 256 g/mol. The SMILES string of the molecule is Cn1cc(C(=O)CC2OCCc3ccccc32)cn1. The highest BCUT2D eigenvalue weighted by Crippen LogP contribution is 2.30. The summed E-state index contributed by atoms with van der Waals surface area (Å²) in [6, 6.07) is 8.19. The third-order valence-corrected chi connectivity index (χ3v) is 3.49. The molecule has 0 N–H and O–H groups in total. The molecule has 2 heterocycles. The van der Waals surface area contributed by atoms with Crippen LogP contribution in [0.15, 0.2) is 36.7 Å². The summed E-state index contributed by atoms with van der Waals surface area (Å²) >= 11 is 0. The minimum Gasteiger partial charge on any atom is -0.373 e. The van der Waals surface area contributed by atoms with E-state index in [4.69, 9.17) is 4.74 Å². The van der Waals surface area contributed by atoms with E-state index < -0.39 is 0 Å². The topological polar surface area (TPSA) is 44.1 Å². The molecule has 0 amide bonds. The van der Waals surface area contributed by atoms with Crippen LogP contribution in [-0.2, 0) is 18.2 Å². The van der Waals surface area contributed by atoms with Crippen molar-refractivity contribution in [1.29, 1.82) is 0 Å². The van der Waals surface area contributed by atoms with Gasteiger partial charge in [-0.15, -0.1) is 0 Å². The van der Waals surface area contributed by atoms with E-state index in [0.717, 1.165) is 12.0 Å². The number of fused-ring (bicyclic) bond motifs is 1. The van der Waals surface area contributed by atoms with Crippen molar-refractivity contribution in [2.24, 2.45) is 7.05 Å². The fourth-order valence-corrected chi connectivity index (χ4v) is 2.50. The van der Waals surface area contributed by atoms with Gasteiger partial charge in [-0.2, -0.15) is 5.10 Å². The van der Waals surface area contributed by atoms with E-state index in [0.29, 0.717) is 18.6 Å². The number of aryl methyl sites for hydroxylation is 1. The molecule has 3 rings (SSSR count). The predicted octanol–water partition coefficient (Wildman–Crippen LogP) is 2.31. The van der Waals surface area contributed by atoms with Gasteiger partial charge in [-0.05, 0) is 17.5 Å². The Kier molecular flexibility index (Phi) is 3.17. The minimum absolute atomic E-state index is 0.0785. The van der Waals surface area contributed by atoms with Crippen LogP contribution in [0.5, 0.6) is 0 Å². The first-order chi connectivity index (χ1) is 9.24. The number of ketones is 1. The Labute approximate surface area is 112 Å². The fourth-order valence-electron chi connectivity index (χ4n) is 2.50. The van der Waals surface area contributed by atoms with Crippen LogP contribution >= 0.6 is 0 Å². The maximum Gasteiger partial charge on any atom is 0.168 e. The van der Waals surface area contributed by atoms with Gasteiger partial charge in [0.15, 0.2) is 5.78 Å². The lowest BCUT2D eigenvalue weighted by Gasteiger charge is -2.25. The zero-order valence-corrected chi connectivity index (χ0v) is 10.9. The van der Waals surface area contributed by atoms with Crippen LogP contribution in [0.3, 0.4) is 0 Å². The molecule has 0 radical (unpaired) electrons. The van der Waals surface area contributed by atoms with Gasteiger partial charge in [0.2, 0.25) is 0 Å². The Hall–Kier alpha value is -1.94. The van der Waals surface area contributed by atoms with E-state index in [1.807, 2.05) is 19.2 Å². The molecule has 0 saturated carbocycles. The quantitative estimate of drug-likeness (QED) is 0.791. The molecule has 0 saturated heterocycles. The monoisotopic (exact) mass is 256 g/mol. The Morgan fingerprint density at radius 2 is 2.32 bits per heavy atom. The number of carbonyl (C=O) groups excluding carboxylic acids is 1. The summed E-state index contributed by atoms with van der Waals surface area (Å²) in [5.41, 5.74) is 3.08. The van der Waals surface area contributed by atoms with E-state index in [-0.39, 0.29) is 11.9 Å². The Morgan fingerprint density at radius 1 is 1.47 bits per heavy atom. The van der Waals surface area contributed by atoms with Crippen LogP contribution in [0.1, 0.15) is 34.0 Å². The van der Waals surface area contributed by atoms with Gasteiger partial charge in [0.1, 0.15) is 0 Å². The highest BCUT2D eigenvalue weighted by atomic mass is 16.5. The molecule has 1 aliphatic rings. The summed E-state index contributed by atoms with van der Waals surface area (Å²) in [5, 5.41) is 4.03. The van der Waals surface area contributed by atoms with Gasteiger partial charge in [-0.25, -0.2) is 0 Å². The maximum absolute atomic E-state index is 12.2. The summed E-state index contributed by atoms with van der Waals surface area (Å²) < 4.78 is 7.40. The maximum atomic E-state index is 12.2. The lowest BCUT2D eigenvalue weighted by atomic mass is 9.94. The zero-order chi connectivity index (χ0) is 13.2. The molecular weight excluding hydrogens is 240 g/mol. The molecule has 4 nitrogen and oxygen atoms in total.